The van der Waals surface area contributed by atoms with Crippen LogP contribution in [-0.2, 0) is 4.74 Å². The van der Waals surface area contributed by atoms with E-state index in [1.165, 1.54) is 0 Å². The van der Waals surface area contributed by atoms with Crippen LogP contribution in [0.3, 0.4) is 0 Å². The Bertz CT molecular complexity index is 380. The van der Waals surface area contributed by atoms with Crippen molar-refractivity contribution in [2.45, 2.75) is 32.9 Å². The van der Waals surface area contributed by atoms with E-state index in [1.807, 2.05) is 39.1 Å². The van der Waals surface area contributed by atoms with Crippen LogP contribution in [0.25, 0.3) is 0 Å². The molecule has 4 nitrogen and oxygen atoms in total. The van der Waals surface area contributed by atoms with E-state index in [9.17, 15) is 0 Å². The molecule has 1 unspecified atom stereocenters. The summed E-state index contributed by atoms with van der Waals surface area (Å²) in [5.74, 6) is 0.735. The van der Waals surface area contributed by atoms with Gasteiger partial charge in [0.25, 0.3) is 0 Å². The second kappa shape index (κ2) is 6.50. The Morgan fingerprint density at radius 1 is 1.28 bits per heavy atom. The highest BCUT2D eigenvalue weighted by molar-refractivity contribution is 5.62. The van der Waals surface area contributed by atoms with E-state index in [2.05, 4.69) is 11.8 Å². The lowest BCUT2D eigenvalue weighted by atomic mass is 10.2. The zero-order chi connectivity index (χ0) is 13.7. The topological polar surface area (TPSA) is 47.7 Å². The zero-order valence-electron chi connectivity index (χ0n) is 11.9. The predicted octanol–water partition coefficient (Wildman–Crippen LogP) is 2.53. The minimum atomic E-state index is 0.115. The lowest BCUT2D eigenvalue weighted by Gasteiger charge is -2.27. The third kappa shape index (κ3) is 3.81. The predicted molar refractivity (Wildman–Crippen MR) is 76.4 cm³/mol. The molecule has 1 aromatic carbocycles. The molecule has 1 atom stereocenters. The average Bonchev–Trinajstić information content (AvgIpc) is 2.31. The van der Waals surface area contributed by atoms with E-state index in [0.717, 1.165) is 11.4 Å². The van der Waals surface area contributed by atoms with Crippen LogP contribution in [-0.4, -0.2) is 32.9 Å². The van der Waals surface area contributed by atoms with Crippen molar-refractivity contribution in [2.24, 2.45) is 0 Å². The van der Waals surface area contributed by atoms with Gasteiger partial charge in [-0.2, -0.15) is 0 Å². The maximum Gasteiger partial charge on any atom is 0.144 e. The molecule has 1 rings (SSSR count). The summed E-state index contributed by atoms with van der Waals surface area (Å²) in [6, 6.07) is 6.14. The largest absolute Gasteiger partial charge is 0.489 e. The summed E-state index contributed by atoms with van der Waals surface area (Å²) in [6.07, 6.45) is 0.115. The van der Waals surface area contributed by atoms with E-state index < -0.39 is 0 Å². The van der Waals surface area contributed by atoms with Crippen LogP contribution in [0.4, 0.5) is 11.4 Å². The van der Waals surface area contributed by atoms with E-state index in [4.69, 9.17) is 15.2 Å². The van der Waals surface area contributed by atoms with Crippen molar-refractivity contribution in [1.29, 1.82) is 0 Å². The van der Waals surface area contributed by atoms with Crippen molar-refractivity contribution >= 4 is 11.4 Å². The normalized spacial score (nSPS) is 12.6. The quantitative estimate of drug-likeness (QED) is 0.790. The molecule has 0 radical (unpaired) electrons. The summed E-state index contributed by atoms with van der Waals surface area (Å²) in [4.78, 5) is 2.15. The molecule has 1 aromatic rings. The molecule has 0 heterocycles. The van der Waals surface area contributed by atoms with Gasteiger partial charge in [-0.1, -0.05) is 0 Å². The summed E-state index contributed by atoms with van der Waals surface area (Å²) in [7, 11) is 3.75. The number of methoxy groups -OCH3 is 1. The Morgan fingerprint density at radius 2 is 1.94 bits per heavy atom. The molecule has 0 aromatic heterocycles. The number of likely N-dealkylation sites (N-methyl/N-ethyl adjacent to an activating group) is 1. The molecule has 0 bridgehead atoms. The van der Waals surface area contributed by atoms with Crippen molar-refractivity contribution in [3.05, 3.63) is 18.2 Å². The van der Waals surface area contributed by atoms with Crippen LogP contribution in [0, 0.1) is 0 Å². The van der Waals surface area contributed by atoms with E-state index in [0.29, 0.717) is 18.3 Å². The summed E-state index contributed by atoms with van der Waals surface area (Å²) < 4.78 is 10.9. The fourth-order valence-electron chi connectivity index (χ4n) is 1.71. The van der Waals surface area contributed by atoms with Crippen LogP contribution in [0.1, 0.15) is 20.8 Å². The number of ether oxygens (including phenoxy) is 2. The van der Waals surface area contributed by atoms with Gasteiger partial charge in [0, 0.05) is 32.0 Å². The van der Waals surface area contributed by atoms with Crippen LogP contribution in [0.15, 0.2) is 18.2 Å². The number of anilines is 2. The standard InChI is InChI=1S/C14H24N2O2/c1-10(2)18-14-8-12(6-7-13(14)15)16(4)11(3)9-17-5/h6-8,10-11H,9,15H2,1-5H3. The molecular formula is C14H24N2O2. The average molecular weight is 252 g/mol. The number of benzene rings is 1. The summed E-state index contributed by atoms with van der Waals surface area (Å²) in [5, 5.41) is 0. The first-order valence-electron chi connectivity index (χ1n) is 6.23. The van der Waals surface area contributed by atoms with Crippen molar-refractivity contribution in [3.8, 4) is 5.75 Å². The monoisotopic (exact) mass is 252 g/mol. The van der Waals surface area contributed by atoms with Crippen molar-refractivity contribution < 1.29 is 9.47 Å². The fraction of sp³-hybridized carbons (Fsp3) is 0.571. The van der Waals surface area contributed by atoms with Crippen LogP contribution >= 0.6 is 0 Å². The van der Waals surface area contributed by atoms with Crippen molar-refractivity contribution in [1.82, 2.24) is 0 Å². The van der Waals surface area contributed by atoms with Gasteiger partial charge in [0.05, 0.1) is 18.4 Å². The molecule has 0 saturated carbocycles. The summed E-state index contributed by atoms with van der Waals surface area (Å²) in [5.41, 5.74) is 7.64. The number of rotatable bonds is 6. The fourth-order valence-corrected chi connectivity index (χ4v) is 1.71. The first-order valence-corrected chi connectivity index (χ1v) is 6.23. The molecule has 0 spiro atoms. The number of nitrogens with zero attached hydrogens (tertiary/aromatic N) is 1. The highest BCUT2D eigenvalue weighted by Crippen LogP contribution is 2.28. The highest BCUT2D eigenvalue weighted by atomic mass is 16.5. The van der Waals surface area contributed by atoms with Gasteiger partial charge >= 0.3 is 0 Å². The molecule has 18 heavy (non-hydrogen) atoms. The lowest BCUT2D eigenvalue weighted by molar-refractivity contribution is 0.183. The minimum Gasteiger partial charge on any atom is -0.489 e. The molecule has 0 fully saturated rings. The molecule has 0 saturated heterocycles. The first kappa shape index (κ1) is 14.6. The molecule has 0 aliphatic carbocycles. The highest BCUT2D eigenvalue weighted by Gasteiger charge is 2.12. The molecule has 0 amide bonds. The third-order valence-corrected chi connectivity index (χ3v) is 2.84. The number of hydrogen-bond donors (Lipinski definition) is 1. The molecule has 2 N–H and O–H groups in total. The minimum absolute atomic E-state index is 0.115. The van der Waals surface area contributed by atoms with Crippen molar-refractivity contribution in [3.63, 3.8) is 0 Å². The Balaban J connectivity index is 2.89. The number of nitrogen functional groups attached to an aromatic ring is 1. The second-order valence-corrected chi connectivity index (χ2v) is 4.80. The smallest absolute Gasteiger partial charge is 0.144 e. The van der Waals surface area contributed by atoms with Gasteiger partial charge < -0.3 is 20.1 Å². The maximum atomic E-state index is 5.90. The number of hydrogen-bond acceptors (Lipinski definition) is 4. The van der Waals surface area contributed by atoms with E-state index >= 15 is 0 Å². The van der Waals surface area contributed by atoms with Gasteiger partial charge in [0.1, 0.15) is 5.75 Å². The Hall–Kier alpha value is -1.42. The van der Waals surface area contributed by atoms with Crippen molar-refractivity contribution in [2.75, 3.05) is 31.4 Å². The Labute approximate surface area is 110 Å². The van der Waals surface area contributed by atoms with Crippen LogP contribution in [0.5, 0.6) is 5.75 Å². The van der Waals surface area contributed by atoms with Gasteiger partial charge in [0.15, 0.2) is 0 Å². The van der Waals surface area contributed by atoms with Crippen LogP contribution in [0.2, 0.25) is 0 Å². The van der Waals surface area contributed by atoms with E-state index in [1.54, 1.807) is 7.11 Å². The molecule has 4 heteroatoms. The van der Waals surface area contributed by atoms with Gasteiger partial charge in [-0.3, -0.25) is 0 Å². The SMILES string of the molecule is COCC(C)N(C)c1ccc(N)c(OC(C)C)c1. The van der Waals surface area contributed by atoms with Gasteiger partial charge in [-0.15, -0.1) is 0 Å². The Morgan fingerprint density at radius 3 is 2.50 bits per heavy atom. The maximum absolute atomic E-state index is 5.90. The summed E-state index contributed by atoms with van der Waals surface area (Å²) >= 11 is 0. The zero-order valence-corrected chi connectivity index (χ0v) is 11.9. The first-order chi connectivity index (χ1) is 8.45. The molecule has 0 aliphatic heterocycles. The molecular weight excluding hydrogens is 228 g/mol. The lowest BCUT2D eigenvalue weighted by Crippen LogP contribution is -2.32. The van der Waals surface area contributed by atoms with Gasteiger partial charge in [-0.05, 0) is 32.9 Å². The summed E-state index contributed by atoms with van der Waals surface area (Å²) in [6.45, 7) is 6.77. The van der Waals surface area contributed by atoms with Gasteiger partial charge in [-0.25, -0.2) is 0 Å². The molecule has 102 valence electrons. The van der Waals surface area contributed by atoms with Gasteiger partial charge in [0.2, 0.25) is 0 Å². The Kier molecular flexibility index (Phi) is 5.28. The van der Waals surface area contributed by atoms with Crippen LogP contribution < -0.4 is 15.4 Å². The third-order valence-electron chi connectivity index (χ3n) is 2.84. The van der Waals surface area contributed by atoms with E-state index in [-0.39, 0.29) is 6.10 Å². The second-order valence-electron chi connectivity index (χ2n) is 4.80. The number of nitrogens with two attached hydrogens (primary N) is 1. The molecule has 0 aliphatic rings.